The van der Waals surface area contributed by atoms with Gasteiger partial charge in [0.25, 0.3) is 5.91 Å². The van der Waals surface area contributed by atoms with Crippen LogP contribution >= 0.6 is 0 Å². The molecule has 4 atom stereocenters. The molecule has 10 nitrogen and oxygen atoms in total. The number of ketones is 2. The lowest BCUT2D eigenvalue weighted by atomic mass is 9.57. The average molecular weight is 476 g/mol. The van der Waals surface area contributed by atoms with Crippen LogP contribution in [0.2, 0.25) is 0 Å². The molecule has 0 spiro atoms. The number of benzene rings is 1. The molecule has 180 valence electrons. The minimum Gasteiger partial charge on any atom is -0.508 e. The fourth-order valence-corrected chi connectivity index (χ4v) is 5.82. The van der Waals surface area contributed by atoms with Gasteiger partial charge in [0.05, 0.1) is 6.04 Å². The predicted molar refractivity (Wildman–Crippen MR) is 124 cm³/mol. The van der Waals surface area contributed by atoms with Crippen molar-refractivity contribution in [2.75, 3.05) is 14.1 Å². The maximum Gasteiger partial charge on any atom is 0.255 e. The Labute approximate surface area is 200 Å². The van der Waals surface area contributed by atoms with E-state index in [9.17, 15) is 29.7 Å². The van der Waals surface area contributed by atoms with Crippen LogP contribution in [0.5, 0.6) is 0 Å². The van der Waals surface area contributed by atoms with Crippen LogP contribution in [0.3, 0.4) is 0 Å². The number of likely N-dealkylation sites (N-methyl/N-ethyl adjacent to an activating group) is 1. The van der Waals surface area contributed by atoms with E-state index in [4.69, 9.17) is 5.73 Å². The number of hydrogen-bond donors (Lipinski definition) is 4. The van der Waals surface area contributed by atoms with Crippen molar-refractivity contribution in [3.8, 4) is 11.4 Å². The first-order valence-electron chi connectivity index (χ1n) is 11.1. The van der Waals surface area contributed by atoms with E-state index in [-0.39, 0.29) is 17.8 Å². The van der Waals surface area contributed by atoms with E-state index >= 15 is 0 Å². The number of nitrogens with two attached hydrogens (primary N) is 1. The molecule has 3 aliphatic rings. The maximum absolute atomic E-state index is 13.8. The topological polar surface area (TPSA) is 167 Å². The zero-order valence-corrected chi connectivity index (χ0v) is 19.1. The molecule has 1 saturated carbocycles. The fraction of sp³-hybridized carbons (Fsp3) is 0.320. The first-order valence-corrected chi connectivity index (χ1v) is 11.1. The predicted octanol–water partition coefficient (Wildman–Crippen LogP) is 0.715. The smallest absolute Gasteiger partial charge is 0.255 e. The second-order valence-electron chi connectivity index (χ2n) is 9.37. The van der Waals surface area contributed by atoms with Gasteiger partial charge < -0.3 is 21.1 Å². The van der Waals surface area contributed by atoms with Crippen LogP contribution in [0.25, 0.3) is 17.1 Å². The number of aromatic nitrogens is 2. The highest BCUT2D eigenvalue weighted by Crippen LogP contribution is 2.52. The highest BCUT2D eigenvalue weighted by atomic mass is 16.3. The molecule has 1 aromatic heterocycles. The second kappa shape index (κ2) is 7.82. The molecule has 0 saturated heterocycles. The molecule has 0 bridgehead atoms. The lowest BCUT2D eigenvalue weighted by Gasteiger charge is -2.50. The number of carbonyl (C=O) groups is 3. The summed E-state index contributed by atoms with van der Waals surface area (Å²) in [5, 5.41) is 33.7. The van der Waals surface area contributed by atoms with Crippen molar-refractivity contribution >= 4 is 23.2 Å². The van der Waals surface area contributed by atoms with E-state index < -0.39 is 52.3 Å². The zero-order valence-electron chi connectivity index (χ0n) is 19.1. The molecule has 5 N–H and O–H groups in total. The van der Waals surface area contributed by atoms with E-state index in [0.29, 0.717) is 23.4 Å². The molecular weight excluding hydrogens is 452 g/mol. The highest BCUT2D eigenvalue weighted by Gasteiger charge is 2.64. The number of Topliss-reactive ketones (excluding diaryl/α,β-unsaturated/α-hetero) is 2. The Hall–Kier alpha value is -3.89. The van der Waals surface area contributed by atoms with Crippen molar-refractivity contribution in [3.63, 3.8) is 0 Å². The van der Waals surface area contributed by atoms with E-state index in [2.05, 4.69) is 9.97 Å². The van der Waals surface area contributed by atoms with Crippen molar-refractivity contribution in [3.05, 3.63) is 64.7 Å². The molecule has 1 aromatic carbocycles. The highest BCUT2D eigenvalue weighted by molar-refractivity contribution is 6.24. The Bertz CT molecular complexity index is 1350. The third-order valence-electron chi connectivity index (χ3n) is 7.31. The van der Waals surface area contributed by atoms with E-state index in [1.165, 1.54) is 4.90 Å². The number of fused-ring (bicyclic) bond motifs is 3. The summed E-state index contributed by atoms with van der Waals surface area (Å²) in [6.45, 7) is 0. The van der Waals surface area contributed by atoms with Gasteiger partial charge in [0.15, 0.2) is 17.2 Å². The summed E-state index contributed by atoms with van der Waals surface area (Å²) in [5.74, 6) is -5.47. The molecule has 1 heterocycles. The van der Waals surface area contributed by atoms with Crippen LogP contribution in [-0.4, -0.2) is 73.4 Å². The molecule has 0 radical (unpaired) electrons. The van der Waals surface area contributed by atoms with Gasteiger partial charge in [0.1, 0.15) is 17.1 Å². The number of carbonyl (C=O) groups excluding carboxylic acids is 3. The number of primary amides is 1. The summed E-state index contributed by atoms with van der Waals surface area (Å²) < 4.78 is 0. The molecule has 1 amide bonds. The SMILES string of the molecule is CN(C)[C@@H]1C(=O)C(C(N)=O)=C(O)[C@@]2(O)C(=O)C3=C(O)c4cccc(-c5ncccn5)c4CC3CC12. The molecule has 5 rings (SSSR count). The van der Waals surface area contributed by atoms with Gasteiger partial charge in [-0.2, -0.15) is 0 Å². The van der Waals surface area contributed by atoms with Crippen molar-refractivity contribution in [1.82, 2.24) is 14.9 Å². The van der Waals surface area contributed by atoms with Crippen molar-refractivity contribution in [1.29, 1.82) is 0 Å². The number of aliphatic hydroxyl groups is 3. The number of amides is 1. The summed E-state index contributed by atoms with van der Waals surface area (Å²) in [4.78, 5) is 49.0. The van der Waals surface area contributed by atoms with Gasteiger partial charge in [-0.1, -0.05) is 18.2 Å². The van der Waals surface area contributed by atoms with Gasteiger partial charge in [-0.25, -0.2) is 9.97 Å². The normalized spacial score (nSPS) is 28.1. The molecule has 0 aliphatic heterocycles. The number of hydrogen-bond acceptors (Lipinski definition) is 9. The van der Waals surface area contributed by atoms with Crippen LogP contribution in [0.1, 0.15) is 17.5 Å². The Morgan fingerprint density at radius 3 is 2.40 bits per heavy atom. The van der Waals surface area contributed by atoms with Gasteiger partial charge in [-0.05, 0) is 44.5 Å². The molecule has 2 unspecified atom stereocenters. The summed E-state index contributed by atoms with van der Waals surface area (Å²) >= 11 is 0. The summed E-state index contributed by atoms with van der Waals surface area (Å²) in [6.07, 6.45) is 3.63. The zero-order chi connectivity index (χ0) is 25.2. The summed E-state index contributed by atoms with van der Waals surface area (Å²) in [5.41, 5.74) is 3.75. The van der Waals surface area contributed by atoms with E-state index in [1.54, 1.807) is 44.7 Å². The Balaban J connectivity index is 1.72. The van der Waals surface area contributed by atoms with Gasteiger partial charge in [0.2, 0.25) is 5.78 Å². The fourth-order valence-electron chi connectivity index (χ4n) is 5.82. The quantitative estimate of drug-likeness (QED) is 0.467. The molecule has 10 heteroatoms. The molecule has 1 fully saturated rings. The molecular formula is C25H24N4O6. The second-order valence-corrected chi connectivity index (χ2v) is 9.37. The minimum absolute atomic E-state index is 0.0513. The Morgan fingerprint density at radius 1 is 1.11 bits per heavy atom. The van der Waals surface area contributed by atoms with Gasteiger partial charge >= 0.3 is 0 Å². The molecule has 3 aliphatic carbocycles. The molecule has 2 aromatic rings. The van der Waals surface area contributed by atoms with Crippen molar-refractivity contribution in [2.24, 2.45) is 17.6 Å². The Morgan fingerprint density at radius 2 is 1.77 bits per heavy atom. The van der Waals surface area contributed by atoms with Crippen LogP contribution in [0.15, 0.2) is 53.6 Å². The first-order chi connectivity index (χ1) is 16.6. The van der Waals surface area contributed by atoms with Gasteiger partial charge in [-0.3, -0.25) is 19.3 Å². The number of nitrogens with zero attached hydrogens (tertiary/aromatic N) is 3. The van der Waals surface area contributed by atoms with E-state index in [1.807, 2.05) is 6.07 Å². The summed E-state index contributed by atoms with van der Waals surface area (Å²) in [6, 6.07) is 5.79. The van der Waals surface area contributed by atoms with Crippen LogP contribution in [0.4, 0.5) is 0 Å². The lowest BCUT2D eigenvalue weighted by Crippen LogP contribution is -2.65. The third kappa shape index (κ3) is 3.06. The monoisotopic (exact) mass is 476 g/mol. The number of rotatable bonds is 3. The van der Waals surface area contributed by atoms with Crippen LogP contribution < -0.4 is 5.73 Å². The third-order valence-corrected chi connectivity index (χ3v) is 7.31. The molecule has 35 heavy (non-hydrogen) atoms. The average Bonchev–Trinajstić information content (AvgIpc) is 2.81. The van der Waals surface area contributed by atoms with Crippen LogP contribution in [-0.2, 0) is 20.8 Å². The number of aliphatic hydroxyl groups excluding tert-OH is 2. The van der Waals surface area contributed by atoms with E-state index in [0.717, 1.165) is 5.56 Å². The van der Waals surface area contributed by atoms with Crippen molar-refractivity contribution < 1.29 is 29.7 Å². The largest absolute Gasteiger partial charge is 0.508 e. The maximum atomic E-state index is 13.8. The van der Waals surface area contributed by atoms with Gasteiger partial charge in [-0.15, -0.1) is 0 Å². The standard InChI is InChI=1S/C25H24N4O6/c1-29(2)18-15-10-11-9-14-12(5-3-6-13(14)24-27-7-4-8-28-24)19(30)16(11)21(32)25(15,35)22(33)17(20(18)31)23(26)34/h3-8,11,15,18,30,33,35H,9-10H2,1-2H3,(H2,26,34)/t11?,15?,18-,25-/m0/s1. The van der Waals surface area contributed by atoms with Gasteiger partial charge in [0, 0.05) is 35.0 Å². The first kappa shape index (κ1) is 22.9. The van der Waals surface area contributed by atoms with Crippen LogP contribution in [0, 0.1) is 11.8 Å². The summed E-state index contributed by atoms with van der Waals surface area (Å²) in [7, 11) is 3.16. The lowest BCUT2D eigenvalue weighted by molar-refractivity contribution is -0.153. The Kier molecular flexibility index (Phi) is 5.11. The van der Waals surface area contributed by atoms with Crippen molar-refractivity contribution in [2.45, 2.75) is 24.5 Å². The minimum atomic E-state index is -2.58.